The zero-order valence-electron chi connectivity index (χ0n) is 17.9. The standard InChI is InChI=1S/C26H22N4O2/c1-17-23(28-25-26(31)30(18(2)27-25)20-9-5-4-6-10-20)22-11-7-8-16-29(22)24(17)19-12-14-21(32-3)15-13-19/h4-16H,2H2,1,3H3,(H,27,28)/p+1. The Hall–Kier alpha value is -4.32. The fraction of sp³-hybridized carbons (Fsp3) is 0.0769. The van der Waals surface area contributed by atoms with E-state index >= 15 is 0 Å². The van der Waals surface area contributed by atoms with Crippen molar-refractivity contribution in [3.63, 3.8) is 0 Å². The summed E-state index contributed by atoms with van der Waals surface area (Å²) in [5, 5.41) is 3.35. The van der Waals surface area contributed by atoms with Gasteiger partial charge in [0.2, 0.25) is 5.82 Å². The molecule has 4 aromatic rings. The normalized spacial score (nSPS) is 13.6. The topological polar surface area (TPSA) is 60.0 Å². The molecule has 3 heterocycles. The average molecular weight is 423 g/mol. The number of pyridine rings is 1. The van der Waals surface area contributed by atoms with Crippen molar-refractivity contribution in [2.75, 3.05) is 17.3 Å². The molecule has 5 rings (SSSR count). The summed E-state index contributed by atoms with van der Waals surface area (Å²) in [6.07, 6.45) is 2.02. The second-order valence-corrected chi connectivity index (χ2v) is 7.58. The van der Waals surface area contributed by atoms with E-state index in [1.807, 2.05) is 79.0 Å². The van der Waals surface area contributed by atoms with Crippen LogP contribution in [0.25, 0.3) is 16.8 Å². The highest BCUT2D eigenvalue weighted by Crippen LogP contribution is 2.35. The Morgan fingerprint density at radius 2 is 1.69 bits per heavy atom. The first kappa shape index (κ1) is 19.6. The number of hydrogen-bond donors (Lipinski definition) is 2. The minimum Gasteiger partial charge on any atom is -0.497 e. The molecule has 0 spiro atoms. The van der Waals surface area contributed by atoms with Crippen molar-refractivity contribution in [2.45, 2.75) is 6.92 Å². The van der Waals surface area contributed by atoms with Gasteiger partial charge in [-0.3, -0.25) is 5.32 Å². The second kappa shape index (κ2) is 7.74. The summed E-state index contributed by atoms with van der Waals surface area (Å²) >= 11 is 0. The number of fused-ring (bicyclic) bond motifs is 1. The van der Waals surface area contributed by atoms with Crippen molar-refractivity contribution in [3.8, 4) is 17.0 Å². The number of amidine groups is 1. The van der Waals surface area contributed by atoms with Gasteiger partial charge in [0, 0.05) is 11.8 Å². The molecular formula is C26H23N4O2+. The van der Waals surface area contributed by atoms with Crippen molar-refractivity contribution in [1.82, 2.24) is 4.40 Å². The molecular weight excluding hydrogens is 400 g/mol. The van der Waals surface area contributed by atoms with Crippen molar-refractivity contribution < 1.29 is 14.5 Å². The lowest BCUT2D eigenvalue weighted by Crippen LogP contribution is -2.70. The van der Waals surface area contributed by atoms with Crippen molar-refractivity contribution in [2.24, 2.45) is 0 Å². The maximum atomic E-state index is 13.2. The Bertz CT molecular complexity index is 1370. The van der Waals surface area contributed by atoms with Crippen LogP contribution in [0.15, 0.2) is 91.4 Å². The second-order valence-electron chi connectivity index (χ2n) is 7.58. The lowest BCUT2D eigenvalue weighted by molar-refractivity contribution is -0.390. The lowest BCUT2D eigenvalue weighted by Gasteiger charge is -2.09. The summed E-state index contributed by atoms with van der Waals surface area (Å²) in [6, 6.07) is 23.5. The van der Waals surface area contributed by atoms with Crippen LogP contribution < -0.4 is 19.9 Å². The van der Waals surface area contributed by atoms with E-state index in [0.29, 0.717) is 11.7 Å². The van der Waals surface area contributed by atoms with Crippen molar-refractivity contribution in [3.05, 3.63) is 97.0 Å². The van der Waals surface area contributed by atoms with E-state index in [1.54, 1.807) is 12.0 Å². The zero-order valence-corrected chi connectivity index (χ0v) is 17.9. The number of amides is 1. The smallest absolute Gasteiger partial charge is 0.384 e. The number of ether oxygens (including phenoxy) is 1. The van der Waals surface area contributed by atoms with Crippen LogP contribution in [0.3, 0.4) is 0 Å². The highest BCUT2D eigenvalue weighted by molar-refractivity contribution is 6.46. The van der Waals surface area contributed by atoms with Gasteiger partial charge in [-0.05, 0) is 67.6 Å². The number of carbonyl (C=O) groups is 1. The first-order valence-electron chi connectivity index (χ1n) is 10.3. The maximum Gasteiger partial charge on any atom is 0.384 e. The molecule has 158 valence electrons. The molecule has 0 aliphatic carbocycles. The highest BCUT2D eigenvalue weighted by atomic mass is 16.5. The third-order valence-corrected chi connectivity index (χ3v) is 5.67. The monoisotopic (exact) mass is 423 g/mol. The highest BCUT2D eigenvalue weighted by Gasteiger charge is 2.38. The van der Waals surface area contributed by atoms with Gasteiger partial charge in [-0.2, -0.15) is 4.90 Å². The van der Waals surface area contributed by atoms with E-state index in [9.17, 15) is 4.79 Å². The molecule has 0 unspecified atom stereocenters. The molecule has 1 amide bonds. The molecule has 0 radical (unpaired) electrons. The summed E-state index contributed by atoms with van der Waals surface area (Å²) in [4.78, 5) is 17.9. The quantitative estimate of drug-likeness (QED) is 0.529. The van der Waals surface area contributed by atoms with Crippen LogP contribution in [0.5, 0.6) is 5.75 Å². The van der Waals surface area contributed by atoms with Crippen LogP contribution in [0, 0.1) is 6.92 Å². The SMILES string of the molecule is C=C1[NH+]=C(Nc2c(C)c(-c3ccc(OC)cc3)n3ccccc23)C(=O)N1c1ccccc1. The average Bonchev–Trinajstić information content (AvgIpc) is 3.27. The molecule has 1 aliphatic heterocycles. The Kier molecular flexibility index (Phi) is 4.75. The fourth-order valence-electron chi connectivity index (χ4n) is 4.14. The molecule has 0 bridgehead atoms. The van der Waals surface area contributed by atoms with Crippen LogP contribution in [0.1, 0.15) is 5.56 Å². The number of aromatic nitrogens is 1. The number of para-hydroxylation sites is 1. The van der Waals surface area contributed by atoms with E-state index in [1.165, 1.54) is 0 Å². The molecule has 0 saturated heterocycles. The number of anilines is 2. The Balaban J connectivity index is 1.56. The molecule has 6 heteroatoms. The number of nitrogens with one attached hydrogen (secondary N) is 2. The third kappa shape index (κ3) is 3.13. The van der Waals surface area contributed by atoms with Crippen LogP contribution in [0.4, 0.5) is 11.4 Å². The third-order valence-electron chi connectivity index (χ3n) is 5.67. The summed E-state index contributed by atoms with van der Waals surface area (Å²) in [7, 11) is 1.66. The fourth-order valence-corrected chi connectivity index (χ4v) is 4.14. The number of rotatable bonds is 4. The van der Waals surface area contributed by atoms with Gasteiger partial charge < -0.3 is 9.14 Å². The van der Waals surface area contributed by atoms with E-state index < -0.39 is 0 Å². The molecule has 2 aromatic heterocycles. The maximum absolute atomic E-state index is 13.2. The summed E-state index contributed by atoms with van der Waals surface area (Å²) < 4.78 is 7.43. The van der Waals surface area contributed by atoms with Crippen molar-refractivity contribution >= 4 is 28.6 Å². The minimum absolute atomic E-state index is 0.179. The molecule has 2 N–H and O–H groups in total. The molecule has 32 heavy (non-hydrogen) atoms. The first-order valence-corrected chi connectivity index (χ1v) is 10.3. The van der Waals surface area contributed by atoms with Gasteiger partial charge in [0.25, 0.3) is 0 Å². The molecule has 6 nitrogen and oxygen atoms in total. The predicted molar refractivity (Wildman–Crippen MR) is 127 cm³/mol. The molecule has 1 aliphatic rings. The number of hydrogen-bond acceptors (Lipinski definition) is 3. The van der Waals surface area contributed by atoms with E-state index in [0.717, 1.165) is 39.5 Å². The minimum atomic E-state index is -0.179. The largest absolute Gasteiger partial charge is 0.497 e. The predicted octanol–water partition coefficient (Wildman–Crippen LogP) is 3.33. The summed E-state index contributed by atoms with van der Waals surface area (Å²) in [5.41, 5.74) is 5.76. The molecule has 0 fully saturated rings. The van der Waals surface area contributed by atoms with Crippen molar-refractivity contribution in [1.29, 1.82) is 0 Å². The number of benzene rings is 2. The van der Waals surface area contributed by atoms with Crippen LogP contribution in [-0.4, -0.2) is 23.3 Å². The van der Waals surface area contributed by atoms with Gasteiger partial charge in [0.05, 0.1) is 18.3 Å². The molecule has 2 aromatic carbocycles. The van der Waals surface area contributed by atoms with E-state index in [4.69, 9.17) is 4.74 Å². The van der Waals surface area contributed by atoms with Gasteiger partial charge in [-0.15, -0.1) is 0 Å². The molecule has 0 saturated carbocycles. The Morgan fingerprint density at radius 3 is 2.41 bits per heavy atom. The molecule has 0 atom stereocenters. The number of nitrogens with zero attached hydrogens (tertiary/aromatic N) is 2. The van der Waals surface area contributed by atoms with E-state index in [2.05, 4.69) is 28.2 Å². The van der Waals surface area contributed by atoms with E-state index in [-0.39, 0.29) is 5.91 Å². The van der Waals surface area contributed by atoms with Gasteiger partial charge in [0.1, 0.15) is 17.1 Å². The van der Waals surface area contributed by atoms with Gasteiger partial charge in [0.15, 0.2) is 0 Å². The van der Waals surface area contributed by atoms with Crippen LogP contribution in [-0.2, 0) is 4.79 Å². The number of carbonyl (C=O) groups excluding carboxylic acids is 1. The van der Waals surface area contributed by atoms with Gasteiger partial charge in [-0.1, -0.05) is 24.3 Å². The Labute approximate surface area is 186 Å². The Morgan fingerprint density at radius 1 is 0.969 bits per heavy atom. The number of methoxy groups -OCH3 is 1. The van der Waals surface area contributed by atoms with Crippen LogP contribution in [0.2, 0.25) is 0 Å². The summed E-state index contributed by atoms with van der Waals surface area (Å²) in [6.45, 7) is 6.08. The zero-order chi connectivity index (χ0) is 22.2. The first-order chi connectivity index (χ1) is 15.6. The lowest BCUT2D eigenvalue weighted by atomic mass is 10.1. The summed E-state index contributed by atoms with van der Waals surface area (Å²) in [5.74, 6) is 1.52. The van der Waals surface area contributed by atoms with Crippen LogP contribution >= 0.6 is 0 Å². The van der Waals surface area contributed by atoms with Gasteiger partial charge >= 0.3 is 11.7 Å². The van der Waals surface area contributed by atoms with Gasteiger partial charge in [-0.25, -0.2) is 9.79 Å².